The highest BCUT2D eigenvalue weighted by Crippen LogP contribution is 2.05. The van der Waals surface area contributed by atoms with E-state index in [0.29, 0.717) is 26.3 Å². The number of hydrogen-bond donors (Lipinski definition) is 2. The van der Waals surface area contributed by atoms with Gasteiger partial charge in [0, 0.05) is 0 Å². The number of nitrogens with two attached hydrogens (primary N) is 2. The summed E-state index contributed by atoms with van der Waals surface area (Å²) in [7, 11) is 0. The maximum atomic E-state index is 5.53. The van der Waals surface area contributed by atoms with Gasteiger partial charge in [-0.05, 0) is 32.4 Å². The summed E-state index contributed by atoms with van der Waals surface area (Å²) in [4.78, 5) is 0. The molecule has 0 heterocycles. The second kappa shape index (κ2) is 10.9. The SMILES string of the molecule is CCCC(OCCCN)OCCCN. The predicted molar refractivity (Wildman–Crippen MR) is 57.9 cm³/mol. The second-order valence-corrected chi connectivity index (χ2v) is 3.24. The zero-order chi connectivity index (χ0) is 10.6. The molecule has 0 spiro atoms. The van der Waals surface area contributed by atoms with Crippen LogP contribution in [0.2, 0.25) is 0 Å². The third-order valence-corrected chi connectivity index (χ3v) is 1.83. The second-order valence-electron chi connectivity index (χ2n) is 3.24. The molecule has 0 aliphatic carbocycles. The molecule has 14 heavy (non-hydrogen) atoms. The van der Waals surface area contributed by atoms with Crippen LogP contribution in [0.25, 0.3) is 0 Å². The first-order valence-corrected chi connectivity index (χ1v) is 5.48. The Bertz CT molecular complexity index is 102. The van der Waals surface area contributed by atoms with E-state index in [9.17, 15) is 0 Å². The van der Waals surface area contributed by atoms with Crippen LogP contribution in [-0.4, -0.2) is 32.6 Å². The van der Waals surface area contributed by atoms with Crippen LogP contribution in [-0.2, 0) is 9.47 Å². The Labute approximate surface area is 86.9 Å². The topological polar surface area (TPSA) is 70.5 Å². The van der Waals surface area contributed by atoms with Crippen molar-refractivity contribution in [1.29, 1.82) is 0 Å². The first-order chi connectivity index (χ1) is 6.85. The molecule has 0 radical (unpaired) electrons. The van der Waals surface area contributed by atoms with Crippen molar-refractivity contribution in [3.63, 3.8) is 0 Å². The summed E-state index contributed by atoms with van der Waals surface area (Å²) in [5.74, 6) is 0. The fraction of sp³-hybridized carbons (Fsp3) is 1.00. The van der Waals surface area contributed by atoms with E-state index >= 15 is 0 Å². The minimum atomic E-state index is -0.0712. The van der Waals surface area contributed by atoms with Gasteiger partial charge in [0.25, 0.3) is 0 Å². The van der Waals surface area contributed by atoms with Gasteiger partial charge in [0.2, 0.25) is 0 Å². The molecule has 0 amide bonds. The van der Waals surface area contributed by atoms with Gasteiger partial charge in [-0.1, -0.05) is 13.3 Å². The molecule has 86 valence electrons. The van der Waals surface area contributed by atoms with Crippen molar-refractivity contribution < 1.29 is 9.47 Å². The summed E-state index contributed by atoms with van der Waals surface area (Å²) >= 11 is 0. The first kappa shape index (κ1) is 13.8. The van der Waals surface area contributed by atoms with Crippen LogP contribution in [0.4, 0.5) is 0 Å². The van der Waals surface area contributed by atoms with Crippen LogP contribution >= 0.6 is 0 Å². The summed E-state index contributed by atoms with van der Waals surface area (Å²) in [6.45, 7) is 4.82. The van der Waals surface area contributed by atoms with Crippen molar-refractivity contribution in [1.82, 2.24) is 0 Å². The molecule has 0 aromatic rings. The number of ether oxygens (including phenoxy) is 2. The molecule has 0 saturated carbocycles. The lowest BCUT2D eigenvalue weighted by Gasteiger charge is -2.17. The molecule has 0 atom stereocenters. The molecule has 0 aromatic carbocycles. The maximum absolute atomic E-state index is 5.53. The van der Waals surface area contributed by atoms with Gasteiger partial charge >= 0.3 is 0 Å². The van der Waals surface area contributed by atoms with Crippen molar-refractivity contribution in [3.05, 3.63) is 0 Å². The molecule has 0 unspecified atom stereocenters. The Hall–Kier alpha value is -0.160. The molecule has 0 fully saturated rings. The molecular weight excluding hydrogens is 180 g/mol. The lowest BCUT2D eigenvalue weighted by molar-refractivity contribution is -0.146. The highest BCUT2D eigenvalue weighted by Gasteiger charge is 2.06. The zero-order valence-corrected chi connectivity index (χ0v) is 9.21. The van der Waals surface area contributed by atoms with E-state index in [1.807, 2.05) is 0 Å². The third-order valence-electron chi connectivity index (χ3n) is 1.83. The van der Waals surface area contributed by atoms with Crippen molar-refractivity contribution in [2.24, 2.45) is 11.5 Å². The monoisotopic (exact) mass is 204 g/mol. The molecular formula is C10H24N2O2. The summed E-state index contributed by atoms with van der Waals surface area (Å²) in [5, 5.41) is 0. The van der Waals surface area contributed by atoms with Gasteiger partial charge < -0.3 is 20.9 Å². The lowest BCUT2D eigenvalue weighted by atomic mass is 10.3. The number of hydrogen-bond acceptors (Lipinski definition) is 4. The normalized spacial score (nSPS) is 11.1. The average Bonchev–Trinajstić information content (AvgIpc) is 2.18. The standard InChI is InChI=1S/C10H24N2O2/c1-2-5-10(13-8-3-6-11)14-9-4-7-12/h10H,2-9,11-12H2,1H3. The molecule has 0 saturated heterocycles. The van der Waals surface area contributed by atoms with E-state index in [2.05, 4.69) is 6.92 Å². The highest BCUT2D eigenvalue weighted by molar-refractivity contribution is 4.46. The van der Waals surface area contributed by atoms with Gasteiger partial charge in [0.15, 0.2) is 6.29 Å². The van der Waals surface area contributed by atoms with Gasteiger partial charge in [0.1, 0.15) is 0 Å². The Balaban J connectivity index is 3.44. The molecule has 0 aliphatic rings. The van der Waals surface area contributed by atoms with Gasteiger partial charge in [-0.3, -0.25) is 0 Å². The molecule has 4 heteroatoms. The lowest BCUT2D eigenvalue weighted by Crippen LogP contribution is -2.20. The van der Waals surface area contributed by atoms with Crippen molar-refractivity contribution >= 4 is 0 Å². The molecule has 4 N–H and O–H groups in total. The molecule has 0 bridgehead atoms. The summed E-state index contributed by atoms with van der Waals surface area (Å²) < 4.78 is 11.1. The van der Waals surface area contributed by atoms with Crippen LogP contribution in [0.1, 0.15) is 32.6 Å². The zero-order valence-electron chi connectivity index (χ0n) is 9.21. The minimum Gasteiger partial charge on any atom is -0.353 e. The van der Waals surface area contributed by atoms with Crippen molar-refractivity contribution in [3.8, 4) is 0 Å². The maximum Gasteiger partial charge on any atom is 0.157 e. The van der Waals surface area contributed by atoms with Gasteiger partial charge in [-0.2, -0.15) is 0 Å². The Morgan fingerprint density at radius 3 is 1.86 bits per heavy atom. The van der Waals surface area contributed by atoms with Crippen molar-refractivity contribution in [2.75, 3.05) is 26.3 Å². The van der Waals surface area contributed by atoms with Crippen molar-refractivity contribution in [2.45, 2.75) is 38.9 Å². The molecule has 4 nitrogen and oxygen atoms in total. The first-order valence-electron chi connectivity index (χ1n) is 5.48. The Morgan fingerprint density at radius 2 is 1.50 bits per heavy atom. The van der Waals surface area contributed by atoms with E-state index in [1.165, 1.54) is 0 Å². The smallest absolute Gasteiger partial charge is 0.157 e. The van der Waals surface area contributed by atoms with Gasteiger partial charge in [0.05, 0.1) is 13.2 Å². The molecule has 0 rings (SSSR count). The Morgan fingerprint density at radius 1 is 1.00 bits per heavy atom. The van der Waals surface area contributed by atoms with Crippen LogP contribution in [0.15, 0.2) is 0 Å². The van der Waals surface area contributed by atoms with E-state index < -0.39 is 0 Å². The molecule has 0 aliphatic heterocycles. The Kier molecular flexibility index (Phi) is 10.8. The summed E-state index contributed by atoms with van der Waals surface area (Å²) in [6.07, 6.45) is 3.71. The van der Waals surface area contributed by atoms with E-state index in [1.54, 1.807) is 0 Å². The van der Waals surface area contributed by atoms with Crippen LogP contribution in [0, 0.1) is 0 Å². The number of rotatable bonds is 10. The largest absolute Gasteiger partial charge is 0.353 e. The minimum absolute atomic E-state index is 0.0712. The highest BCUT2D eigenvalue weighted by atomic mass is 16.7. The van der Waals surface area contributed by atoms with E-state index in [0.717, 1.165) is 25.7 Å². The van der Waals surface area contributed by atoms with Crippen LogP contribution in [0.5, 0.6) is 0 Å². The quantitative estimate of drug-likeness (QED) is 0.409. The van der Waals surface area contributed by atoms with Crippen LogP contribution < -0.4 is 11.5 Å². The van der Waals surface area contributed by atoms with Gasteiger partial charge in [-0.25, -0.2) is 0 Å². The predicted octanol–water partition coefficient (Wildman–Crippen LogP) is 0.843. The fourth-order valence-corrected chi connectivity index (χ4v) is 1.05. The van der Waals surface area contributed by atoms with E-state index in [-0.39, 0.29) is 6.29 Å². The van der Waals surface area contributed by atoms with Crippen LogP contribution in [0.3, 0.4) is 0 Å². The third kappa shape index (κ3) is 8.44. The summed E-state index contributed by atoms with van der Waals surface area (Å²) in [6, 6.07) is 0. The average molecular weight is 204 g/mol. The van der Waals surface area contributed by atoms with Gasteiger partial charge in [-0.15, -0.1) is 0 Å². The molecule has 0 aromatic heterocycles. The fourth-order valence-electron chi connectivity index (χ4n) is 1.05. The van der Waals surface area contributed by atoms with E-state index in [4.69, 9.17) is 20.9 Å². The summed E-state index contributed by atoms with van der Waals surface area (Å²) in [5.41, 5.74) is 10.7.